The van der Waals surface area contributed by atoms with Crippen LogP contribution in [0.4, 0.5) is 5.69 Å². The predicted molar refractivity (Wildman–Crippen MR) is 64.8 cm³/mol. The first-order valence-electron chi connectivity index (χ1n) is 4.69. The Kier molecular flexibility index (Phi) is 3.81. The second-order valence-corrected chi connectivity index (χ2v) is 3.38. The molecule has 2 N–H and O–H groups in total. The first-order valence-corrected chi connectivity index (χ1v) is 5.13. The lowest BCUT2D eigenvalue weighted by molar-refractivity contribution is 0.410. The molecule has 1 aromatic heterocycles. The van der Waals surface area contributed by atoms with Crippen molar-refractivity contribution in [3.63, 3.8) is 0 Å². The molecule has 0 saturated heterocycles. The lowest BCUT2D eigenvalue weighted by Gasteiger charge is -2.05. The second kappa shape index (κ2) is 5.72. The van der Waals surface area contributed by atoms with Crippen molar-refractivity contribution in [3.8, 4) is 5.69 Å². The van der Waals surface area contributed by atoms with Crippen LogP contribution < -0.4 is 5.48 Å². The van der Waals surface area contributed by atoms with Crippen LogP contribution in [-0.2, 0) is 4.84 Å². The molecule has 1 aromatic carbocycles. The Morgan fingerprint density at radius 2 is 2.17 bits per heavy atom. The highest BCUT2D eigenvalue weighted by Crippen LogP contribution is 2.14. The van der Waals surface area contributed by atoms with Crippen molar-refractivity contribution in [2.75, 3.05) is 5.48 Å². The lowest BCUT2D eigenvalue weighted by Crippen LogP contribution is -2.00. The van der Waals surface area contributed by atoms with Crippen LogP contribution in [0.15, 0.2) is 39.7 Å². The maximum Gasteiger partial charge on any atom is 0.230 e. The number of rotatable bonds is 5. The number of tetrazole rings is 1. The van der Waals surface area contributed by atoms with Gasteiger partial charge in [0.1, 0.15) is 0 Å². The van der Waals surface area contributed by atoms with Gasteiger partial charge in [0.25, 0.3) is 0 Å². The van der Waals surface area contributed by atoms with E-state index in [1.165, 1.54) is 4.68 Å². The van der Waals surface area contributed by atoms with Gasteiger partial charge in [-0.1, -0.05) is 5.10 Å². The van der Waals surface area contributed by atoms with Crippen LogP contribution >= 0.6 is 12.6 Å². The van der Waals surface area contributed by atoms with Gasteiger partial charge in [-0.15, -0.1) is 17.7 Å². The SMILES string of the molecule is N=N/N=C/ONc1ccc(-n2nnnc2S)cc1. The zero-order valence-corrected chi connectivity index (χ0v) is 9.82. The second-order valence-electron chi connectivity index (χ2n) is 2.98. The Balaban J connectivity index is 2.04. The standard InChI is InChI=1S/C8H8N8OS/c9-13-10-5-17-12-6-1-3-7(4-2-6)16-8(18)11-14-15-16/h1-5,9,12H,(H,11,15,18)/b10-5+,13-9?. The number of anilines is 1. The van der Waals surface area contributed by atoms with Crippen molar-refractivity contribution < 1.29 is 4.84 Å². The van der Waals surface area contributed by atoms with E-state index in [1.54, 1.807) is 24.3 Å². The molecule has 10 heteroatoms. The van der Waals surface area contributed by atoms with E-state index in [2.05, 4.69) is 44.0 Å². The summed E-state index contributed by atoms with van der Waals surface area (Å²) >= 11 is 4.11. The molecule has 0 unspecified atom stereocenters. The number of hydrogen-bond donors (Lipinski definition) is 3. The Morgan fingerprint density at radius 3 is 2.78 bits per heavy atom. The zero-order valence-electron chi connectivity index (χ0n) is 8.93. The third kappa shape index (κ3) is 2.79. The summed E-state index contributed by atoms with van der Waals surface area (Å²) in [5.74, 6) is 0. The summed E-state index contributed by atoms with van der Waals surface area (Å²) in [6.07, 6.45) is 1.01. The number of thiol groups is 1. The Morgan fingerprint density at radius 1 is 1.39 bits per heavy atom. The van der Waals surface area contributed by atoms with Gasteiger partial charge in [0.15, 0.2) is 0 Å². The molecule has 0 amide bonds. The summed E-state index contributed by atoms with van der Waals surface area (Å²) in [7, 11) is 0. The highest BCUT2D eigenvalue weighted by atomic mass is 32.1. The van der Waals surface area contributed by atoms with Crippen LogP contribution in [0.3, 0.4) is 0 Å². The van der Waals surface area contributed by atoms with Gasteiger partial charge in [-0.05, 0) is 39.9 Å². The summed E-state index contributed by atoms with van der Waals surface area (Å²) in [4.78, 5) is 4.80. The Bertz CT molecular complexity index is 550. The third-order valence-electron chi connectivity index (χ3n) is 1.90. The lowest BCUT2D eigenvalue weighted by atomic mass is 10.3. The minimum atomic E-state index is 0.399. The average Bonchev–Trinajstić information content (AvgIpc) is 2.82. The quantitative estimate of drug-likeness (QED) is 0.247. The van der Waals surface area contributed by atoms with Gasteiger partial charge in [0.05, 0.1) is 11.4 Å². The number of nitrogens with one attached hydrogen (secondary N) is 2. The first kappa shape index (κ1) is 12.0. The van der Waals surface area contributed by atoms with E-state index in [9.17, 15) is 0 Å². The van der Waals surface area contributed by atoms with Gasteiger partial charge in [-0.3, -0.25) is 0 Å². The molecule has 0 bridgehead atoms. The first-order chi connectivity index (χ1) is 8.81. The fraction of sp³-hybridized carbons (Fsp3) is 0. The topological polar surface area (TPSA) is 113 Å². The maximum atomic E-state index is 6.40. The molecule has 0 saturated carbocycles. The van der Waals surface area contributed by atoms with E-state index in [4.69, 9.17) is 10.4 Å². The predicted octanol–water partition coefficient (Wildman–Crippen LogP) is 1.27. The Labute approximate surface area is 107 Å². The number of hydrogen-bond acceptors (Lipinski definition) is 8. The maximum absolute atomic E-state index is 6.40. The van der Waals surface area contributed by atoms with E-state index in [1.807, 2.05) is 0 Å². The minimum Gasteiger partial charge on any atom is -0.368 e. The monoisotopic (exact) mass is 264 g/mol. The molecular formula is C8H8N8OS. The van der Waals surface area contributed by atoms with Gasteiger partial charge in [0.2, 0.25) is 11.6 Å². The van der Waals surface area contributed by atoms with Gasteiger partial charge in [0, 0.05) is 0 Å². The summed E-state index contributed by atoms with van der Waals surface area (Å²) in [5, 5.41) is 17.3. The van der Waals surface area contributed by atoms with Crippen molar-refractivity contribution in [2.45, 2.75) is 5.16 Å². The van der Waals surface area contributed by atoms with Crippen LogP contribution in [-0.4, -0.2) is 26.6 Å². The van der Waals surface area contributed by atoms with Crippen molar-refractivity contribution >= 4 is 24.7 Å². The van der Waals surface area contributed by atoms with Crippen molar-refractivity contribution in [2.24, 2.45) is 10.3 Å². The Hall–Kier alpha value is -2.49. The zero-order chi connectivity index (χ0) is 12.8. The molecule has 18 heavy (non-hydrogen) atoms. The number of nitrogens with zero attached hydrogens (tertiary/aromatic N) is 6. The van der Waals surface area contributed by atoms with E-state index in [-0.39, 0.29) is 0 Å². The normalized spacial score (nSPS) is 10.5. The molecule has 0 atom stereocenters. The van der Waals surface area contributed by atoms with Crippen molar-refractivity contribution in [1.82, 2.24) is 20.2 Å². The number of aromatic nitrogens is 4. The molecule has 1 heterocycles. The fourth-order valence-electron chi connectivity index (χ4n) is 1.16. The minimum absolute atomic E-state index is 0.399. The summed E-state index contributed by atoms with van der Waals surface area (Å²) < 4.78 is 1.48. The molecule has 92 valence electrons. The molecule has 0 aliphatic carbocycles. The summed E-state index contributed by atoms with van der Waals surface area (Å²) in [6.45, 7) is 0. The molecule has 2 aromatic rings. The van der Waals surface area contributed by atoms with Crippen LogP contribution in [0.5, 0.6) is 0 Å². The molecule has 2 rings (SSSR count). The fourth-order valence-corrected chi connectivity index (χ4v) is 1.36. The van der Waals surface area contributed by atoms with E-state index in [0.29, 0.717) is 10.8 Å². The van der Waals surface area contributed by atoms with Gasteiger partial charge >= 0.3 is 0 Å². The van der Waals surface area contributed by atoms with Crippen molar-refractivity contribution in [1.29, 1.82) is 5.53 Å². The van der Waals surface area contributed by atoms with Crippen LogP contribution in [0, 0.1) is 5.53 Å². The molecule has 0 spiro atoms. The van der Waals surface area contributed by atoms with E-state index >= 15 is 0 Å². The third-order valence-corrected chi connectivity index (χ3v) is 2.18. The highest BCUT2D eigenvalue weighted by Gasteiger charge is 2.03. The van der Waals surface area contributed by atoms with Crippen molar-refractivity contribution in [3.05, 3.63) is 24.3 Å². The van der Waals surface area contributed by atoms with Gasteiger partial charge in [-0.25, -0.2) is 5.48 Å². The average molecular weight is 264 g/mol. The molecule has 0 radical (unpaired) electrons. The molecule has 0 fully saturated rings. The molecule has 0 aliphatic rings. The summed E-state index contributed by atoms with van der Waals surface area (Å²) in [6, 6.07) is 7.09. The van der Waals surface area contributed by atoms with Gasteiger partial charge in [-0.2, -0.15) is 10.2 Å². The largest absolute Gasteiger partial charge is 0.368 e. The van der Waals surface area contributed by atoms with Crippen LogP contribution in [0.25, 0.3) is 5.69 Å². The van der Waals surface area contributed by atoms with Crippen LogP contribution in [0.1, 0.15) is 0 Å². The van der Waals surface area contributed by atoms with Crippen LogP contribution in [0.2, 0.25) is 0 Å². The van der Waals surface area contributed by atoms with E-state index < -0.39 is 0 Å². The molecule has 0 aliphatic heterocycles. The molecular weight excluding hydrogens is 256 g/mol. The summed E-state index contributed by atoms with van der Waals surface area (Å²) in [5.41, 5.74) is 10.5. The van der Waals surface area contributed by atoms with E-state index in [0.717, 1.165) is 12.1 Å². The highest BCUT2D eigenvalue weighted by molar-refractivity contribution is 7.80. The molecule has 9 nitrogen and oxygen atoms in total. The smallest absolute Gasteiger partial charge is 0.230 e. The number of benzene rings is 1. The van der Waals surface area contributed by atoms with Gasteiger partial charge < -0.3 is 4.84 Å².